The summed E-state index contributed by atoms with van der Waals surface area (Å²) in [7, 11) is 1.48. The summed E-state index contributed by atoms with van der Waals surface area (Å²) in [5.41, 5.74) is 2.75. The molecule has 0 aliphatic heterocycles. The summed E-state index contributed by atoms with van der Waals surface area (Å²) in [5, 5.41) is 11.4. The van der Waals surface area contributed by atoms with Gasteiger partial charge in [0.05, 0.1) is 29.9 Å². The largest absolute Gasteiger partial charge is 0.497 e. The maximum Gasteiger partial charge on any atom is 0.329 e. The van der Waals surface area contributed by atoms with E-state index in [9.17, 15) is 19.2 Å². The van der Waals surface area contributed by atoms with Crippen LogP contribution in [0.25, 0.3) is 0 Å². The van der Waals surface area contributed by atoms with Gasteiger partial charge in [-0.25, -0.2) is 5.43 Å². The molecule has 2 aromatic carbocycles. The van der Waals surface area contributed by atoms with Gasteiger partial charge in [0.1, 0.15) is 17.3 Å². The van der Waals surface area contributed by atoms with E-state index in [1.54, 1.807) is 24.3 Å². The van der Waals surface area contributed by atoms with Gasteiger partial charge in [0, 0.05) is 17.4 Å². The number of nitrogens with zero attached hydrogens (tertiary/aromatic N) is 1. The Morgan fingerprint density at radius 3 is 2.33 bits per heavy atom. The lowest BCUT2D eigenvalue weighted by Gasteiger charge is -2.06. The highest BCUT2D eigenvalue weighted by Crippen LogP contribution is 2.25. The lowest BCUT2D eigenvalue weighted by molar-refractivity contribution is -0.136. The van der Waals surface area contributed by atoms with Crippen LogP contribution in [-0.4, -0.2) is 37.0 Å². The maximum absolute atomic E-state index is 12.0. The Morgan fingerprint density at radius 2 is 1.61 bits per heavy atom. The zero-order valence-corrected chi connectivity index (χ0v) is 20.1. The fourth-order valence-corrected chi connectivity index (χ4v) is 2.96. The van der Waals surface area contributed by atoms with Crippen LogP contribution in [0.1, 0.15) is 11.5 Å². The second-order valence-electron chi connectivity index (χ2n) is 6.95. The number of methoxy groups -OCH3 is 1. The van der Waals surface area contributed by atoms with Crippen LogP contribution < -0.4 is 26.1 Å². The van der Waals surface area contributed by atoms with Crippen molar-refractivity contribution in [2.24, 2.45) is 5.10 Å². The molecule has 0 bridgehead atoms. The third kappa shape index (κ3) is 7.58. The number of benzene rings is 2. The van der Waals surface area contributed by atoms with Crippen LogP contribution in [0.15, 0.2) is 64.1 Å². The Bertz CT molecular complexity index is 1320. The third-order valence-corrected chi connectivity index (χ3v) is 5.12. The summed E-state index contributed by atoms with van der Waals surface area (Å²) in [4.78, 5) is 47.9. The highest BCUT2D eigenvalue weighted by molar-refractivity contribution is 6.43. The molecule has 0 fully saturated rings. The van der Waals surface area contributed by atoms with E-state index in [4.69, 9.17) is 32.4 Å². The highest BCUT2D eigenvalue weighted by Gasteiger charge is 2.15. The molecule has 0 unspecified atom stereocenters. The number of hydrogen-bond donors (Lipinski definition) is 4. The molecule has 0 radical (unpaired) electrons. The number of halogens is 2. The molecule has 4 N–H and O–H groups in total. The molecule has 0 spiro atoms. The van der Waals surface area contributed by atoms with Gasteiger partial charge in [0.2, 0.25) is 0 Å². The Morgan fingerprint density at radius 1 is 0.889 bits per heavy atom. The molecule has 0 atom stereocenters. The minimum absolute atomic E-state index is 0.0865. The van der Waals surface area contributed by atoms with Crippen molar-refractivity contribution in [3.05, 3.63) is 76.2 Å². The number of ether oxygens (including phenoxy) is 1. The van der Waals surface area contributed by atoms with Crippen molar-refractivity contribution in [1.29, 1.82) is 0 Å². The van der Waals surface area contributed by atoms with Gasteiger partial charge >= 0.3 is 23.6 Å². The molecule has 1 aromatic heterocycles. The van der Waals surface area contributed by atoms with E-state index in [2.05, 4.69) is 26.5 Å². The van der Waals surface area contributed by atoms with Gasteiger partial charge in [-0.3, -0.25) is 19.2 Å². The quantitative estimate of drug-likeness (QED) is 0.209. The predicted octanol–water partition coefficient (Wildman–Crippen LogP) is 2.94. The average Bonchev–Trinajstić information content (AvgIpc) is 3.32. The van der Waals surface area contributed by atoms with Crippen LogP contribution in [-0.2, 0) is 25.7 Å². The van der Waals surface area contributed by atoms with Gasteiger partial charge in [-0.15, -0.1) is 0 Å². The fraction of sp³-hybridized carbons (Fsp3) is 0.0870. The Kier molecular flexibility index (Phi) is 9.03. The molecule has 1 heterocycles. The molecule has 0 aliphatic rings. The summed E-state index contributed by atoms with van der Waals surface area (Å²) in [5.74, 6) is -2.67. The number of carbonyl (C=O) groups excluding carboxylic acids is 4. The van der Waals surface area contributed by atoms with Crippen LogP contribution in [0.5, 0.6) is 5.75 Å². The zero-order valence-electron chi connectivity index (χ0n) is 18.6. The van der Waals surface area contributed by atoms with Gasteiger partial charge in [0.15, 0.2) is 0 Å². The minimum Gasteiger partial charge on any atom is -0.497 e. The Labute approximate surface area is 214 Å². The van der Waals surface area contributed by atoms with Crippen molar-refractivity contribution in [1.82, 2.24) is 10.7 Å². The van der Waals surface area contributed by atoms with Crippen LogP contribution in [0.4, 0.5) is 11.4 Å². The number of rotatable bonds is 7. The molecular weight excluding hydrogens is 513 g/mol. The average molecular weight is 532 g/mol. The van der Waals surface area contributed by atoms with E-state index in [1.807, 2.05) is 0 Å². The molecule has 0 aliphatic carbocycles. The molecule has 11 nitrogen and oxygen atoms in total. The number of nitrogens with one attached hydrogen (secondary N) is 4. The van der Waals surface area contributed by atoms with Crippen LogP contribution in [0, 0.1) is 0 Å². The first kappa shape index (κ1) is 26.3. The van der Waals surface area contributed by atoms with Gasteiger partial charge in [-0.1, -0.05) is 29.3 Å². The van der Waals surface area contributed by atoms with Gasteiger partial charge in [-0.05, 0) is 42.5 Å². The van der Waals surface area contributed by atoms with E-state index < -0.39 is 23.6 Å². The van der Waals surface area contributed by atoms with Crippen molar-refractivity contribution in [3.63, 3.8) is 0 Å². The first-order valence-electron chi connectivity index (χ1n) is 10.2. The molecule has 36 heavy (non-hydrogen) atoms. The molecule has 0 saturated carbocycles. The predicted molar refractivity (Wildman–Crippen MR) is 133 cm³/mol. The molecule has 3 aromatic rings. The van der Waals surface area contributed by atoms with Gasteiger partial charge < -0.3 is 25.1 Å². The maximum atomic E-state index is 12.0. The molecule has 186 valence electrons. The third-order valence-electron chi connectivity index (χ3n) is 4.38. The van der Waals surface area contributed by atoms with Gasteiger partial charge in [0.25, 0.3) is 0 Å². The molecular formula is C23H19Cl2N5O6. The van der Waals surface area contributed by atoms with Gasteiger partial charge in [-0.2, -0.15) is 5.10 Å². The van der Waals surface area contributed by atoms with E-state index in [0.29, 0.717) is 27.9 Å². The van der Waals surface area contributed by atoms with E-state index in [0.717, 1.165) is 0 Å². The summed E-state index contributed by atoms with van der Waals surface area (Å²) in [6, 6.07) is 13.9. The second kappa shape index (κ2) is 12.4. The molecule has 0 saturated heterocycles. The lowest BCUT2D eigenvalue weighted by Crippen LogP contribution is -2.34. The molecule has 13 heteroatoms. The second-order valence-corrected chi connectivity index (χ2v) is 7.77. The van der Waals surface area contributed by atoms with E-state index in [1.165, 1.54) is 43.7 Å². The topological polar surface area (TPSA) is 151 Å². The van der Waals surface area contributed by atoms with E-state index in [-0.39, 0.29) is 17.3 Å². The van der Waals surface area contributed by atoms with Crippen molar-refractivity contribution in [2.75, 3.05) is 17.7 Å². The Balaban J connectivity index is 1.44. The standard InChI is InChI=1S/C23H19Cl2N5O6/c1-35-15-4-2-3-13(9-15)28-22(33)23(34)30-27-12-17-7-6-16(36-17)11-26-20(31)21(32)29-14-5-8-18(24)19(25)10-14/h2-10,12H,11H2,1H3,(H,26,31)(H,28,33)(H,29,32)(H,30,34)/b27-12+. The smallest absolute Gasteiger partial charge is 0.329 e. The SMILES string of the molecule is COc1cccc(NC(=O)C(=O)N/N=C/c2ccc(CNC(=O)C(=O)Nc3ccc(Cl)c(Cl)c3)o2)c1. The number of hydrogen-bond acceptors (Lipinski definition) is 7. The lowest BCUT2D eigenvalue weighted by atomic mass is 10.3. The van der Waals surface area contributed by atoms with Crippen LogP contribution in [0.2, 0.25) is 10.0 Å². The fourth-order valence-electron chi connectivity index (χ4n) is 2.66. The first-order chi connectivity index (χ1) is 17.2. The van der Waals surface area contributed by atoms with Crippen molar-refractivity contribution < 1.29 is 28.3 Å². The summed E-state index contributed by atoms with van der Waals surface area (Å²) in [6.07, 6.45) is 1.17. The van der Waals surface area contributed by atoms with Crippen LogP contribution >= 0.6 is 23.2 Å². The normalized spacial score (nSPS) is 10.5. The van der Waals surface area contributed by atoms with E-state index >= 15 is 0 Å². The Hall–Kier alpha value is -4.35. The summed E-state index contributed by atoms with van der Waals surface area (Å²) < 4.78 is 10.5. The monoisotopic (exact) mass is 531 g/mol. The summed E-state index contributed by atoms with van der Waals surface area (Å²) in [6.45, 7) is -0.0865. The number of furan rings is 1. The number of hydrazone groups is 1. The number of amides is 4. The number of anilines is 2. The summed E-state index contributed by atoms with van der Waals surface area (Å²) >= 11 is 11.7. The number of carbonyl (C=O) groups is 4. The molecule has 3 rings (SSSR count). The first-order valence-corrected chi connectivity index (χ1v) is 10.9. The highest BCUT2D eigenvalue weighted by atomic mass is 35.5. The van der Waals surface area contributed by atoms with Crippen LogP contribution in [0.3, 0.4) is 0 Å². The zero-order chi connectivity index (χ0) is 26.1. The van der Waals surface area contributed by atoms with Crippen molar-refractivity contribution >= 4 is 64.4 Å². The molecule has 4 amide bonds. The van der Waals surface area contributed by atoms with Crippen molar-refractivity contribution in [3.8, 4) is 5.75 Å². The minimum atomic E-state index is -0.999. The van der Waals surface area contributed by atoms with Crippen molar-refractivity contribution in [2.45, 2.75) is 6.54 Å².